The van der Waals surface area contributed by atoms with E-state index >= 15 is 0 Å². The fourth-order valence-corrected chi connectivity index (χ4v) is 2.28. The van der Waals surface area contributed by atoms with E-state index in [9.17, 15) is 8.78 Å². The maximum Gasteiger partial charge on any atom is 0.146 e. The SMILES string of the molecule is NNC(Cc1cccc(F)c1Br)c1ccncc1F. The third-order valence-electron chi connectivity index (χ3n) is 2.84. The Hall–Kier alpha value is -1.37. The van der Waals surface area contributed by atoms with E-state index in [0.717, 1.165) is 6.20 Å². The normalized spacial score (nSPS) is 12.4. The van der Waals surface area contributed by atoms with Gasteiger partial charge in [-0.2, -0.15) is 0 Å². The van der Waals surface area contributed by atoms with Crippen LogP contribution in [0.5, 0.6) is 0 Å². The molecule has 19 heavy (non-hydrogen) atoms. The molecule has 0 saturated heterocycles. The summed E-state index contributed by atoms with van der Waals surface area (Å²) in [6.07, 6.45) is 2.97. The largest absolute Gasteiger partial charge is 0.271 e. The van der Waals surface area contributed by atoms with Crippen LogP contribution in [0.25, 0.3) is 0 Å². The van der Waals surface area contributed by atoms with Crippen LogP contribution in [0.2, 0.25) is 0 Å². The average Bonchev–Trinajstić information content (AvgIpc) is 2.41. The van der Waals surface area contributed by atoms with Crippen LogP contribution in [0.4, 0.5) is 8.78 Å². The third-order valence-corrected chi connectivity index (χ3v) is 3.72. The van der Waals surface area contributed by atoms with Crippen molar-refractivity contribution in [2.24, 2.45) is 5.84 Å². The van der Waals surface area contributed by atoms with E-state index in [1.54, 1.807) is 18.2 Å². The minimum atomic E-state index is -0.457. The van der Waals surface area contributed by atoms with Gasteiger partial charge in [0.15, 0.2) is 0 Å². The summed E-state index contributed by atoms with van der Waals surface area (Å²) >= 11 is 3.18. The highest BCUT2D eigenvalue weighted by Gasteiger charge is 2.17. The van der Waals surface area contributed by atoms with Gasteiger partial charge in [-0.1, -0.05) is 12.1 Å². The smallest absolute Gasteiger partial charge is 0.146 e. The lowest BCUT2D eigenvalue weighted by molar-refractivity contribution is 0.505. The van der Waals surface area contributed by atoms with Gasteiger partial charge in [0.25, 0.3) is 0 Å². The maximum absolute atomic E-state index is 13.7. The van der Waals surface area contributed by atoms with Crippen molar-refractivity contribution in [3.8, 4) is 0 Å². The van der Waals surface area contributed by atoms with Crippen LogP contribution in [0, 0.1) is 11.6 Å². The van der Waals surface area contributed by atoms with Crippen LogP contribution in [0.15, 0.2) is 41.1 Å². The van der Waals surface area contributed by atoms with E-state index in [2.05, 4.69) is 26.3 Å². The molecule has 1 atom stereocenters. The van der Waals surface area contributed by atoms with E-state index in [0.29, 0.717) is 22.0 Å². The second-order valence-corrected chi connectivity index (χ2v) is 4.83. The zero-order valence-corrected chi connectivity index (χ0v) is 11.5. The minimum Gasteiger partial charge on any atom is -0.271 e. The Kier molecular flexibility index (Phi) is 4.57. The van der Waals surface area contributed by atoms with Gasteiger partial charge in [0.05, 0.1) is 16.7 Å². The molecule has 0 aliphatic heterocycles. The molecule has 100 valence electrons. The number of nitrogens with two attached hydrogens (primary N) is 1. The van der Waals surface area contributed by atoms with Crippen molar-refractivity contribution in [3.63, 3.8) is 0 Å². The molecule has 1 aromatic heterocycles. The fourth-order valence-electron chi connectivity index (χ4n) is 1.85. The molecule has 1 heterocycles. The summed E-state index contributed by atoms with van der Waals surface area (Å²) < 4.78 is 27.5. The highest BCUT2D eigenvalue weighted by molar-refractivity contribution is 9.10. The van der Waals surface area contributed by atoms with Crippen molar-refractivity contribution in [2.75, 3.05) is 0 Å². The summed E-state index contributed by atoms with van der Waals surface area (Å²) in [5, 5.41) is 0. The van der Waals surface area contributed by atoms with Gasteiger partial charge >= 0.3 is 0 Å². The molecule has 0 fully saturated rings. The van der Waals surface area contributed by atoms with Crippen LogP contribution in [-0.4, -0.2) is 4.98 Å². The summed E-state index contributed by atoms with van der Waals surface area (Å²) in [6, 6.07) is 5.81. The van der Waals surface area contributed by atoms with Crippen LogP contribution in [0.3, 0.4) is 0 Å². The van der Waals surface area contributed by atoms with Gasteiger partial charge in [0.2, 0.25) is 0 Å². The Labute approximate surface area is 117 Å². The first-order chi connectivity index (χ1) is 9.13. The number of hydrazine groups is 1. The zero-order valence-electron chi connectivity index (χ0n) is 9.91. The molecule has 1 aromatic carbocycles. The Morgan fingerprint density at radius 3 is 2.74 bits per heavy atom. The summed E-state index contributed by atoms with van der Waals surface area (Å²) in [6.45, 7) is 0. The first-order valence-corrected chi connectivity index (χ1v) is 6.41. The van der Waals surface area contributed by atoms with Gasteiger partial charge in [-0.25, -0.2) is 8.78 Å². The van der Waals surface area contributed by atoms with Crippen molar-refractivity contribution in [2.45, 2.75) is 12.5 Å². The molecule has 0 amide bonds. The average molecular weight is 328 g/mol. The number of aromatic nitrogens is 1. The van der Waals surface area contributed by atoms with Crippen molar-refractivity contribution < 1.29 is 8.78 Å². The van der Waals surface area contributed by atoms with Gasteiger partial charge in [-0.05, 0) is 40.0 Å². The van der Waals surface area contributed by atoms with Crippen LogP contribution < -0.4 is 11.3 Å². The second kappa shape index (κ2) is 6.18. The lowest BCUT2D eigenvalue weighted by atomic mass is 10.00. The zero-order chi connectivity index (χ0) is 13.8. The molecule has 6 heteroatoms. The monoisotopic (exact) mass is 327 g/mol. The van der Waals surface area contributed by atoms with E-state index in [1.807, 2.05) is 0 Å². The third kappa shape index (κ3) is 3.15. The highest BCUT2D eigenvalue weighted by Crippen LogP contribution is 2.26. The van der Waals surface area contributed by atoms with Gasteiger partial charge < -0.3 is 0 Å². The predicted octanol–water partition coefficient (Wildman–Crippen LogP) is 2.87. The van der Waals surface area contributed by atoms with Crippen molar-refractivity contribution in [3.05, 3.63) is 63.9 Å². The quantitative estimate of drug-likeness (QED) is 0.670. The summed E-state index contributed by atoms with van der Waals surface area (Å²) in [4.78, 5) is 3.69. The van der Waals surface area contributed by atoms with E-state index in [-0.39, 0.29) is 5.82 Å². The Morgan fingerprint density at radius 2 is 2.05 bits per heavy atom. The van der Waals surface area contributed by atoms with E-state index in [1.165, 1.54) is 12.3 Å². The number of nitrogens with one attached hydrogen (secondary N) is 1. The molecule has 0 aliphatic rings. The molecule has 0 radical (unpaired) electrons. The van der Waals surface area contributed by atoms with Gasteiger partial charge in [-0.3, -0.25) is 16.3 Å². The number of benzene rings is 1. The highest BCUT2D eigenvalue weighted by atomic mass is 79.9. The summed E-state index contributed by atoms with van der Waals surface area (Å²) in [5.74, 6) is 4.66. The van der Waals surface area contributed by atoms with E-state index in [4.69, 9.17) is 5.84 Å². The summed E-state index contributed by atoms with van der Waals surface area (Å²) in [5.41, 5.74) is 3.65. The molecule has 0 bridgehead atoms. The number of hydrogen-bond acceptors (Lipinski definition) is 3. The summed E-state index contributed by atoms with van der Waals surface area (Å²) in [7, 11) is 0. The van der Waals surface area contributed by atoms with Gasteiger partial charge in [0.1, 0.15) is 11.6 Å². The van der Waals surface area contributed by atoms with Gasteiger partial charge in [-0.15, -0.1) is 0 Å². The van der Waals surface area contributed by atoms with Crippen LogP contribution in [0.1, 0.15) is 17.2 Å². The lowest BCUT2D eigenvalue weighted by Crippen LogP contribution is -2.30. The number of pyridine rings is 1. The second-order valence-electron chi connectivity index (χ2n) is 4.03. The first kappa shape index (κ1) is 14.0. The molecule has 2 aromatic rings. The van der Waals surface area contributed by atoms with E-state index < -0.39 is 11.9 Å². The van der Waals surface area contributed by atoms with Gasteiger partial charge in [0, 0.05) is 11.8 Å². The number of halogens is 3. The first-order valence-electron chi connectivity index (χ1n) is 5.62. The fraction of sp³-hybridized carbons (Fsp3) is 0.154. The molecule has 2 rings (SSSR count). The standard InChI is InChI=1S/C13H12BrF2N3/c14-13-8(2-1-3-10(13)15)6-12(19-17)9-4-5-18-7-11(9)16/h1-5,7,12,19H,6,17H2. The minimum absolute atomic E-state index is 0.357. The Bertz CT molecular complexity index is 578. The number of hydrogen-bond donors (Lipinski definition) is 2. The predicted molar refractivity (Wildman–Crippen MR) is 72.1 cm³/mol. The topological polar surface area (TPSA) is 50.9 Å². The number of nitrogens with zero attached hydrogens (tertiary/aromatic N) is 1. The molecular weight excluding hydrogens is 316 g/mol. The van der Waals surface area contributed by atoms with Crippen LogP contribution >= 0.6 is 15.9 Å². The molecule has 1 unspecified atom stereocenters. The molecule has 0 aliphatic carbocycles. The molecule has 3 N–H and O–H groups in total. The Morgan fingerprint density at radius 1 is 1.26 bits per heavy atom. The van der Waals surface area contributed by atoms with Crippen molar-refractivity contribution in [1.82, 2.24) is 10.4 Å². The van der Waals surface area contributed by atoms with Crippen molar-refractivity contribution in [1.29, 1.82) is 0 Å². The Balaban J connectivity index is 2.30. The number of rotatable bonds is 4. The molecule has 0 saturated carbocycles. The van der Waals surface area contributed by atoms with Crippen molar-refractivity contribution >= 4 is 15.9 Å². The van der Waals surface area contributed by atoms with Crippen LogP contribution in [-0.2, 0) is 6.42 Å². The molecule has 3 nitrogen and oxygen atoms in total. The lowest BCUT2D eigenvalue weighted by Gasteiger charge is -2.17. The molecule has 0 spiro atoms. The maximum atomic E-state index is 13.7. The molecular formula is C13H12BrF2N3.